The molecule has 0 aliphatic carbocycles. The first kappa shape index (κ1) is 14.7. The van der Waals surface area contributed by atoms with Gasteiger partial charge in [-0.15, -0.1) is 0 Å². The van der Waals surface area contributed by atoms with Gasteiger partial charge in [0, 0.05) is 25.4 Å². The number of carboxylic acid groups (broad SMARTS) is 1. The average Bonchev–Trinajstić information content (AvgIpc) is 2.93. The van der Waals surface area contributed by atoms with E-state index in [0.29, 0.717) is 13.1 Å². The molecule has 0 radical (unpaired) electrons. The van der Waals surface area contributed by atoms with Crippen molar-refractivity contribution in [3.05, 3.63) is 18.3 Å². The summed E-state index contributed by atoms with van der Waals surface area (Å²) < 4.78 is 26.2. The molecule has 0 amide bonds. The Morgan fingerprint density at radius 2 is 2.10 bits per heavy atom. The van der Waals surface area contributed by atoms with E-state index in [1.165, 1.54) is 29.6 Å². The molecule has 0 saturated carbocycles. The number of aliphatic carboxylic acids is 1. The fourth-order valence-electron chi connectivity index (χ4n) is 2.01. The number of hydrogen-bond donors (Lipinski definition) is 2. The van der Waals surface area contributed by atoms with Gasteiger partial charge in [0.05, 0.1) is 4.90 Å². The molecule has 110 valence electrons. The molecule has 1 unspecified atom stereocenters. The lowest BCUT2D eigenvalue weighted by atomic mass is 10.3. The molecule has 7 nitrogen and oxygen atoms in total. The third-order valence-corrected chi connectivity index (χ3v) is 5.06. The molecule has 0 spiro atoms. The third-order valence-electron chi connectivity index (χ3n) is 3.17. The number of sulfonamides is 1. The summed E-state index contributed by atoms with van der Waals surface area (Å²) in [6.07, 6.45) is 3.09. The molecule has 1 fully saturated rings. The van der Waals surface area contributed by atoms with Crippen LogP contribution >= 0.6 is 0 Å². The molecule has 0 aromatic carbocycles. The van der Waals surface area contributed by atoms with Crippen LogP contribution in [0.15, 0.2) is 23.2 Å². The lowest BCUT2D eigenvalue weighted by molar-refractivity contribution is -0.137. The normalized spacial score (nSPS) is 17.9. The average molecular weight is 299 g/mol. The van der Waals surface area contributed by atoms with Crippen molar-refractivity contribution in [2.45, 2.75) is 30.7 Å². The Morgan fingerprint density at radius 3 is 2.70 bits per heavy atom. The molecule has 1 aromatic rings. The van der Waals surface area contributed by atoms with E-state index < -0.39 is 22.0 Å². The maximum atomic E-state index is 12.4. The van der Waals surface area contributed by atoms with Crippen LogP contribution in [0.4, 0.5) is 5.82 Å². The molecule has 2 heterocycles. The first-order valence-corrected chi connectivity index (χ1v) is 7.81. The Balaban J connectivity index is 2.23. The Kier molecular flexibility index (Phi) is 4.24. The van der Waals surface area contributed by atoms with E-state index in [4.69, 9.17) is 5.11 Å². The monoisotopic (exact) mass is 299 g/mol. The fourth-order valence-corrected chi connectivity index (χ4v) is 3.54. The van der Waals surface area contributed by atoms with E-state index in [1.54, 1.807) is 0 Å². The van der Waals surface area contributed by atoms with Crippen LogP contribution in [0.3, 0.4) is 0 Å². The second kappa shape index (κ2) is 5.76. The Bertz CT molecular complexity index is 596. The molecule has 1 aliphatic heterocycles. The summed E-state index contributed by atoms with van der Waals surface area (Å²) in [4.78, 5) is 14.9. The molecule has 20 heavy (non-hydrogen) atoms. The molecule has 1 saturated heterocycles. The smallest absolute Gasteiger partial charge is 0.325 e. The van der Waals surface area contributed by atoms with Crippen molar-refractivity contribution in [1.82, 2.24) is 9.29 Å². The van der Waals surface area contributed by atoms with Gasteiger partial charge < -0.3 is 10.4 Å². The van der Waals surface area contributed by atoms with Gasteiger partial charge in [-0.2, -0.15) is 4.31 Å². The Hall–Kier alpha value is -1.67. The summed E-state index contributed by atoms with van der Waals surface area (Å²) in [5.41, 5.74) is 0. The molecule has 1 aliphatic rings. The predicted octanol–water partition coefficient (Wildman–Crippen LogP) is 0.751. The van der Waals surface area contributed by atoms with Gasteiger partial charge in [-0.25, -0.2) is 13.4 Å². The van der Waals surface area contributed by atoms with Crippen LogP contribution in [0, 0.1) is 0 Å². The van der Waals surface area contributed by atoms with Crippen LogP contribution in [0.25, 0.3) is 0 Å². The fraction of sp³-hybridized carbons (Fsp3) is 0.500. The summed E-state index contributed by atoms with van der Waals surface area (Å²) in [7, 11) is -3.51. The maximum absolute atomic E-state index is 12.4. The first-order chi connectivity index (χ1) is 9.41. The Morgan fingerprint density at radius 1 is 1.45 bits per heavy atom. The minimum Gasteiger partial charge on any atom is -0.480 e. The van der Waals surface area contributed by atoms with E-state index in [2.05, 4.69) is 10.3 Å². The molecule has 2 N–H and O–H groups in total. The highest BCUT2D eigenvalue weighted by Crippen LogP contribution is 2.22. The van der Waals surface area contributed by atoms with Gasteiger partial charge in [0.15, 0.2) is 0 Å². The zero-order valence-corrected chi connectivity index (χ0v) is 11.9. The highest BCUT2D eigenvalue weighted by atomic mass is 32.2. The van der Waals surface area contributed by atoms with Crippen molar-refractivity contribution >= 4 is 21.8 Å². The van der Waals surface area contributed by atoms with Gasteiger partial charge in [0.1, 0.15) is 11.9 Å². The van der Waals surface area contributed by atoms with E-state index >= 15 is 0 Å². The zero-order valence-electron chi connectivity index (χ0n) is 11.1. The molecule has 0 bridgehead atoms. The number of hydrogen-bond acceptors (Lipinski definition) is 5. The number of anilines is 1. The highest BCUT2D eigenvalue weighted by Gasteiger charge is 2.27. The third kappa shape index (κ3) is 3.07. The number of carbonyl (C=O) groups is 1. The maximum Gasteiger partial charge on any atom is 0.325 e. The number of aromatic nitrogens is 1. The topological polar surface area (TPSA) is 99.6 Å². The van der Waals surface area contributed by atoms with Gasteiger partial charge in [-0.1, -0.05) is 0 Å². The van der Waals surface area contributed by atoms with Crippen LogP contribution in [0.5, 0.6) is 0 Å². The number of nitrogens with one attached hydrogen (secondary N) is 1. The summed E-state index contributed by atoms with van der Waals surface area (Å²) in [5, 5.41) is 11.5. The van der Waals surface area contributed by atoms with Crippen molar-refractivity contribution in [2.75, 3.05) is 18.4 Å². The molecule has 1 atom stereocenters. The lowest BCUT2D eigenvalue weighted by Crippen LogP contribution is -2.28. The quantitative estimate of drug-likeness (QED) is 0.832. The zero-order chi connectivity index (χ0) is 14.8. The van der Waals surface area contributed by atoms with E-state index in [-0.39, 0.29) is 10.7 Å². The van der Waals surface area contributed by atoms with Gasteiger partial charge in [-0.3, -0.25) is 4.79 Å². The standard InChI is InChI=1S/C12H17N3O4S/c1-9(12(16)17)14-11-8-10(4-5-13-11)20(18,19)15-6-2-3-7-15/h4-5,8-9H,2-3,6-7H2,1H3,(H,13,14)(H,16,17). The molecule has 8 heteroatoms. The number of carboxylic acids is 1. The van der Waals surface area contributed by atoms with Crippen LogP contribution in [0.2, 0.25) is 0 Å². The number of nitrogens with zero attached hydrogens (tertiary/aromatic N) is 2. The van der Waals surface area contributed by atoms with E-state index in [1.807, 2.05) is 0 Å². The van der Waals surface area contributed by atoms with Crippen molar-refractivity contribution in [1.29, 1.82) is 0 Å². The minimum absolute atomic E-state index is 0.134. The summed E-state index contributed by atoms with van der Waals surface area (Å²) in [6, 6.07) is 1.95. The predicted molar refractivity (Wildman–Crippen MR) is 73.0 cm³/mol. The first-order valence-electron chi connectivity index (χ1n) is 6.37. The van der Waals surface area contributed by atoms with Gasteiger partial charge >= 0.3 is 5.97 Å². The minimum atomic E-state index is -3.51. The molecule has 1 aromatic heterocycles. The van der Waals surface area contributed by atoms with Crippen molar-refractivity contribution in [3.8, 4) is 0 Å². The van der Waals surface area contributed by atoms with Crippen LogP contribution in [-0.2, 0) is 14.8 Å². The molecule has 2 rings (SSSR count). The summed E-state index contributed by atoms with van der Waals surface area (Å²) >= 11 is 0. The second-order valence-electron chi connectivity index (χ2n) is 4.69. The van der Waals surface area contributed by atoms with Crippen LogP contribution in [0.1, 0.15) is 19.8 Å². The van der Waals surface area contributed by atoms with Crippen LogP contribution in [-0.4, -0.2) is 47.9 Å². The lowest BCUT2D eigenvalue weighted by Gasteiger charge is -2.16. The molecular formula is C12H17N3O4S. The van der Waals surface area contributed by atoms with Gasteiger partial charge in [0.25, 0.3) is 0 Å². The highest BCUT2D eigenvalue weighted by molar-refractivity contribution is 7.89. The summed E-state index contributed by atoms with van der Waals surface area (Å²) in [6.45, 7) is 2.52. The summed E-state index contributed by atoms with van der Waals surface area (Å²) in [5.74, 6) is -0.792. The number of rotatable bonds is 5. The van der Waals surface area contributed by atoms with Crippen molar-refractivity contribution in [2.24, 2.45) is 0 Å². The van der Waals surface area contributed by atoms with Gasteiger partial charge in [0.2, 0.25) is 10.0 Å². The van der Waals surface area contributed by atoms with Crippen LogP contribution < -0.4 is 5.32 Å². The van der Waals surface area contributed by atoms with Crippen molar-refractivity contribution < 1.29 is 18.3 Å². The Labute approximate surface area is 117 Å². The van der Waals surface area contributed by atoms with Gasteiger partial charge in [-0.05, 0) is 25.8 Å². The van der Waals surface area contributed by atoms with E-state index in [9.17, 15) is 13.2 Å². The SMILES string of the molecule is CC(Nc1cc(S(=O)(=O)N2CCCC2)ccn1)C(=O)O. The van der Waals surface area contributed by atoms with E-state index in [0.717, 1.165) is 12.8 Å². The number of pyridine rings is 1. The largest absolute Gasteiger partial charge is 0.480 e. The molecular weight excluding hydrogens is 282 g/mol. The second-order valence-corrected chi connectivity index (χ2v) is 6.63. The van der Waals surface area contributed by atoms with Crippen molar-refractivity contribution in [3.63, 3.8) is 0 Å².